The van der Waals surface area contributed by atoms with Gasteiger partial charge in [0.25, 0.3) is 0 Å². The van der Waals surface area contributed by atoms with E-state index in [9.17, 15) is 0 Å². The quantitative estimate of drug-likeness (QED) is 0.363. The SMILES string of the molecule is Cc1c(OCc2ccccc2)cccc1N1CCN(CCc2c[nH]c3ccc(Cl)cc23)CC1. The average molecular weight is 460 g/mol. The predicted octanol–water partition coefficient (Wildman–Crippen LogP) is 6.07. The van der Waals surface area contributed by atoms with Gasteiger partial charge in [-0.25, -0.2) is 0 Å². The number of halogens is 1. The van der Waals surface area contributed by atoms with Crippen LogP contribution in [0, 0.1) is 6.92 Å². The lowest BCUT2D eigenvalue weighted by Crippen LogP contribution is -2.47. The van der Waals surface area contributed by atoms with Gasteiger partial charge in [-0.2, -0.15) is 0 Å². The van der Waals surface area contributed by atoms with Crippen LogP contribution in [0.3, 0.4) is 0 Å². The first-order valence-electron chi connectivity index (χ1n) is 11.7. The van der Waals surface area contributed by atoms with Crippen molar-refractivity contribution in [1.82, 2.24) is 9.88 Å². The lowest BCUT2D eigenvalue weighted by molar-refractivity contribution is 0.261. The summed E-state index contributed by atoms with van der Waals surface area (Å²) >= 11 is 6.21. The fourth-order valence-corrected chi connectivity index (χ4v) is 4.86. The third kappa shape index (κ3) is 5.02. The highest BCUT2D eigenvalue weighted by Crippen LogP contribution is 2.30. The average Bonchev–Trinajstić information content (AvgIpc) is 3.25. The topological polar surface area (TPSA) is 31.5 Å². The van der Waals surface area contributed by atoms with E-state index in [2.05, 4.69) is 82.5 Å². The van der Waals surface area contributed by atoms with E-state index in [0.717, 1.165) is 55.4 Å². The van der Waals surface area contributed by atoms with Crippen LogP contribution in [-0.4, -0.2) is 42.6 Å². The van der Waals surface area contributed by atoms with Crippen LogP contribution in [0.25, 0.3) is 10.9 Å². The number of aromatic amines is 1. The van der Waals surface area contributed by atoms with Crippen molar-refractivity contribution < 1.29 is 4.74 Å². The summed E-state index contributed by atoms with van der Waals surface area (Å²) in [6.07, 6.45) is 3.16. The van der Waals surface area contributed by atoms with Gasteiger partial charge in [-0.15, -0.1) is 0 Å². The summed E-state index contributed by atoms with van der Waals surface area (Å²) < 4.78 is 6.15. The van der Waals surface area contributed by atoms with Gasteiger partial charge < -0.3 is 14.6 Å². The molecule has 3 aromatic carbocycles. The van der Waals surface area contributed by atoms with Crippen molar-refractivity contribution in [2.75, 3.05) is 37.6 Å². The predicted molar refractivity (Wildman–Crippen MR) is 138 cm³/mol. The zero-order valence-corrected chi connectivity index (χ0v) is 19.8. The van der Waals surface area contributed by atoms with Crippen LogP contribution in [-0.2, 0) is 13.0 Å². The van der Waals surface area contributed by atoms with Crippen molar-refractivity contribution in [3.63, 3.8) is 0 Å². The molecule has 0 radical (unpaired) electrons. The van der Waals surface area contributed by atoms with Gasteiger partial charge in [0.1, 0.15) is 12.4 Å². The molecule has 0 saturated carbocycles. The molecule has 1 aliphatic rings. The first-order chi connectivity index (χ1) is 16.2. The summed E-state index contributed by atoms with van der Waals surface area (Å²) in [7, 11) is 0. The smallest absolute Gasteiger partial charge is 0.124 e. The normalized spacial score (nSPS) is 14.7. The van der Waals surface area contributed by atoms with E-state index in [0.29, 0.717) is 6.61 Å². The standard InChI is InChI=1S/C28H30ClN3O/c1-21-27(8-5-9-28(21)33-20-22-6-3-2-4-7-22)32-16-14-31(15-17-32)13-12-23-19-30-26-11-10-24(29)18-25(23)26/h2-11,18-19,30H,12-17,20H2,1H3. The van der Waals surface area contributed by atoms with Gasteiger partial charge in [0.15, 0.2) is 0 Å². The van der Waals surface area contributed by atoms with Crippen LogP contribution in [0.2, 0.25) is 5.02 Å². The highest BCUT2D eigenvalue weighted by Gasteiger charge is 2.20. The van der Waals surface area contributed by atoms with E-state index >= 15 is 0 Å². The Morgan fingerprint density at radius 1 is 0.939 bits per heavy atom. The zero-order valence-electron chi connectivity index (χ0n) is 19.1. The molecule has 33 heavy (non-hydrogen) atoms. The van der Waals surface area contributed by atoms with E-state index < -0.39 is 0 Å². The lowest BCUT2D eigenvalue weighted by atomic mass is 10.1. The van der Waals surface area contributed by atoms with E-state index in [1.165, 1.54) is 27.8 Å². The Morgan fingerprint density at radius 3 is 2.58 bits per heavy atom. The second-order valence-corrected chi connectivity index (χ2v) is 9.19. The fourth-order valence-electron chi connectivity index (χ4n) is 4.69. The van der Waals surface area contributed by atoms with Crippen molar-refractivity contribution in [2.24, 2.45) is 0 Å². The molecule has 1 fully saturated rings. The molecule has 0 spiro atoms. The molecular formula is C28H30ClN3O. The molecule has 5 rings (SSSR count). The van der Waals surface area contributed by atoms with Gasteiger partial charge >= 0.3 is 0 Å². The Hall–Kier alpha value is -2.95. The van der Waals surface area contributed by atoms with Crippen LogP contribution in [0.15, 0.2) is 72.9 Å². The molecule has 1 aliphatic heterocycles. The van der Waals surface area contributed by atoms with E-state index in [1.807, 2.05) is 12.1 Å². The van der Waals surface area contributed by atoms with Crippen LogP contribution in [0.1, 0.15) is 16.7 Å². The number of aromatic nitrogens is 1. The first-order valence-corrected chi connectivity index (χ1v) is 12.0. The molecule has 170 valence electrons. The van der Waals surface area contributed by atoms with E-state index in [1.54, 1.807) is 0 Å². The first kappa shape index (κ1) is 21.9. The number of nitrogens with one attached hydrogen (secondary N) is 1. The maximum atomic E-state index is 6.21. The van der Waals surface area contributed by atoms with Crippen LogP contribution >= 0.6 is 11.6 Å². The summed E-state index contributed by atoms with van der Waals surface area (Å²) in [5, 5.41) is 2.03. The van der Waals surface area contributed by atoms with Crippen molar-refractivity contribution in [2.45, 2.75) is 20.0 Å². The molecule has 0 atom stereocenters. The van der Waals surface area contributed by atoms with Crippen LogP contribution < -0.4 is 9.64 Å². The summed E-state index contributed by atoms with van der Waals surface area (Å²) in [6, 6.07) is 22.8. The Kier molecular flexibility index (Phi) is 6.56. The van der Waals surface area contributed by atoms with Crippen molar-refractivity contribution in [3.05, 3.63) is 94.6 Å². The molecule has 0 bridgehead atoms. The maximum Gasteiger partial charge on any atom is 0.124 e. The number of hydrogen-bond acceptors (Lipinski definition) is 3. The minimum atomic E-state index is 0.595. The van der Waals surface area contributed by atoms with E-state index in [4.69, 9.17) is 16.3 Å². The minimum Gasteiger partial charge on any atom is -0.489 e. The second-order valence-electron chi connectivity index (χ2n) is 8.76. The Labute approximate surface area is 200 Å². The number of nitrogens with zero attached hydrogens (tertiary/aromatic N) is 2. The number of rotatable bonds is 7. The Bertz CT molecular complexity index is 1210. The number of fused-ring (bicyclic) bond motifs is 1. The van der Waals surface area contributed by atoms with Crippen molar-refractivity contribution in [3.8, 4) is 5.75 Å². The summed E-state index contributed by atoms with van der Waals surface area (Å²) in [5.41, 5.74) is 6.19. The number of H-pyrrole nitrogens is 1. The fraction of sp³-hybridized carbons (Fsp3) is 0.286. The van der Waals surface area contributed by atoms with Crippen LogP contribution in [0.5, 0.6) is 5.75 Å². The zero-order chi connectivity index (χ0) is 22.6. The third-order valence-electron chi connectivity index (χ3n) is 6.63. The summed E-state index contributed by atoms with van der Waals surface area (Å²) in [6.45, 7) is 8.02. The third-order valence-corrected chi connectivity index (χ3v) is 6.87. The van der Waals surface area contributed by atoms with Crippen LogP contribution in [0.4, 0.5) is 5.69 Å². The summed E-state index contributed by atoms with van der Waals surface area (Å²) in [4.78, 5) is 8.42. The molecule has 4 nitrogen and oxygen atoms in total. The number of hydrogen-bond donors (Lipinski definition) is 1. The van der Waals surface area contributed by atoms with Gasteiger partial charge in [0.05, 0.1) is 0 Å². The van der Waals surface area contributed by atoms with Crippen molar-refractivity contribution in [1.29, 1.82) is 0 Å². The number of anilines is 1. The van der Waals surface area contributed by atoms with E-state index in [-0.39, 0.29) is 0 Å². The molecule has 4 aromatic rings. The molecule has 0 unspecified atom stereocenters. The molecule has 1 N–H and O–H groups in total. The van der Waals surface area contributed by atoms with Gasteiger partial charge in [-0.3, -0.25) is 4.90 Å². The number of ether oxygens (including phenoxy) is 1. The number of benzene rings is 3. The highest BCUT2D eigenvalue weighted by atomic mass is 35.5. The lowest BCUT2D eigenvalue weighted by Gasteiger charge is -2.37. The monoisotopic (exact) mass is 459 g/mol. The minimum absolute atomic E-state index is 0.595. The molecular weight excluding hydrogens is 430 g/mol. The highest BCUT2D eigenvalue weighted by molar-refractivity contribution is 6.31. The van der Waals surface area contributed by atoms with Gasteiger partial charge in [-0.05, 0) is 54.8 Å². The van der Waals surface area contributed by atoms with Gasteiger partial charge in [-0.1, -0.05) is 48.0 Å². The Balaban J connectivity index is 1.17. The molecule has 1 aromatic heterocycles. The molecule has 1 saturated heterocycles. The van der Waals surface area contributed by atoms with Crippen molar-refractivity contribution >= 4 is 28.2 Å². The second kappa shape index (κ2) is 9.90. The van der Waals surface area contributed by atoms with Gasteiger partial charge in [0.2, 0.25) is 0 Å². The van der Waals surface area contributed by atoms with Gasteiger partial charge in [0, 0.05) is 66.1 Å². The largest absolute Gasteiger partial charge is 0.489 e. The molecule has 0 amide bonds. The molecule has 5 heteroatoms. The Morgan fingerprint density at radius 2 is 1.76 bits per heavy atom. The summed E-state index contributed by atoms with van der Waals surface area (Å²) in [5.74, 6) is 0.969. The molecule has 0 aliphatic carbocycles. The maximum absolute atomic E-state index is 6.21. The number of piperazine rings is 1. The molecule has 2 heterocycles.